The summed E-state index contributed by atoms with van der Waals surface area (Å²) >= 11 is 7.70. The van der Waals surface area contributed by atoms with E-state index in [2.05, 4.69) is 17.2 Å². The molecular formula is C16H19ClN2O2S. The van der Waals surface area contributed by atoms with Crippen LogP contribution in [0.25, 0.3) is 10.6 Å². The van der Waals surface area contributed by atoms with Gasteiger partial charge in [-0.3, -0.25) is 4.79 Å². The van der Waals surface area contributed by atoms with Crippen LogP contribution in [-0.2, 0) is 0 Å². The van der Waals surface area contributed by atoms with Gasteiger partial charge >= 0.3 is 0 Å². The van der Waals surface area contributed by atoms with Gasteiger partial charge in [-0.25, -0.2) is 4.98 Å². The molecule has 1 aromatic carbocycles. The van der Waals surface area contributed by atoms with Crippen LogP contribution in [0.2, 0.25) is 5.02 Å². The van der Waals surface area contributed by atoms with E-state index in [9.17, 15) is 4.79 Å². The lowest BCUT2D eigenvalue weighted by molar-refractivity contribution is 0.0939. The number of nitrogens with one attached hydrogen (secondary N) is 1. The number of nitrogens with zero attached hydrogens (tertiary/aromatic N) is 1. The molecule has 1 N–H and O–H groups in total. The average Bonchev–Trinajstić information content (AvgIpc) is 2.94. The minimum Gasteiger partial charge on any atom is -0.494 e. The highest BCUT2D eigenvalue weighted by molar-refractivity contribution is 7.13. The molecule has 0 spiro atoms. The Morgan fingerprint density at radius 2 is 2.23 bits per heavy atom. The summed E-state index contributed by atoms with van der Waals surface area (Å²) in [5, 5.41) is 5.86. The van der Waals surface area contributed by atoms with Gasteiger partial charge in [-0.1, -0.05) is 18.5 Å². The molecule has 0 bridgehead atoms. The van der Waals surface area contributed by atoms with Gasteiger partial charge < -0.3 is 10.1 Å². The van der Waals surface area contributed by atoms with Gasteiger partial charge in [-0.05, 0) is 38.5 Å². The molecule has 0 aliphatic carbocycles. The molecular weight excluding hydrogens is 320 g/mol. The summed E-state index contributed by atoms with van der Waals surface area (Å²) in [6.45, 7) is 6.54. The first-order valence-corrected chi connectivity index (χ1v) is 8.46. The van der Waals surface area contributed by atoms with Crippen LogP contribution in [0.4, 0.5) is 0 Å². The fourth-order valence-corrected chi connectivity index (χ4v) is 2.97. The highest BCUT2D eigenvalue weighted by Crippen LogP contribution is 2.33. The van der Waals surface area contributed by atoms with Crippen LogP contribution in [-0.4, -0.2) is 23.5 Å². The molecule has 0 saturated heterocycles. The van der Waals surface area contributed by atoms with Gasteiger partial charge in [0, 0.05) is 17.0 Å². The number of halogens is 1. The van der Waals surface area contributed by atoms with Crippen molar-refractivity contribution < 1.29 is 9.53 Å². The topological polar surface area (TPSA) is 51.2 Å². The molecule has 0 saturated carbocycles. The van der Waals surface area contributed by atoms with E-state index >= 15 is 0 Å². The zero-order valence-electron chi connectivity index (χ0n) is 12.9. The van der Waals surface area contributed by atoms with Gasteiger partial charge in [-0.15, -0.1) is 11.3 Å². The van der Waals surface area contributed by atoms with Gasteiger partial charge in [-0.2, -0.15) is 0 Å². The second kappa shape index (κ2) is 7.61. The molecule has 2 rings (SSSR count). The van der Waals surface area contributed by atoms with Gasteiger partial charge in [0.1, 0.15) is 16.5 Å². The SMILES string of the molecule is CCCOc1ccc(-c2nc(C(=O)NC(C)C)cs2)c(Cl)c1. The summed E-state index contributed by atoms with van der Waals surface area (Å²) in [5.41, 5.74) is 1.22. The first-order valence-electron chi connectivity index (χ1n) is 7.20. The first kappa shape index (κ1) is 16.8. The molecule has 4 nitrogen and oxygen atoms in total. The number of carbonyl (C=O) groups is 1. The Hall–Kier alpha value is -1.59. The monoisotopic (exact) mass is 338 g/mol. The van der Waals surface area contributed by atoms with Crippen LogP contribution >= 0.6 is 22.9 Å². The average molecular weight is 339 g/mol. The van der Waals surface area contributed by atoms with Crippen molar-refractivity contribution in [3.05, 3.63) is 34.3 Å². The Morgan fingerprint density at radius 1 is 1.45 bits per heavy atom. The summed E-state index contributed by atoms with van der Waals surface area (Å²) < 4.78 is 5.55. The number of benzene rings is 1. The standard InChI is InChI=1S/C16H19ClN2O2S/c1-4-7-21-11-5-6-12(13(17)8-11)16-19-14(9-22-16)15(20)18-10(2)3/h5-6,8-10H,4,7H2,1-3H3,(H,18,20). The predicted molar refractivity (Wildman–Crippen MR) is 90.9 cm³/mol. The largest absolute Gasteiger partial charge is 0.494 e. The molecule has 118 valence electrons. The van der Waals surface area contributed by atoms with E-state index < -0.39 is 0 Å². The third-order valence-electron chi connectivity index (χ3n) is 2.80. The Morgan fingerprint density at radius 3 is 2.86 bits per heavy atom. The molecule has 0 atom stereocenters. The van der Waals surface area contributed by atoms with Gasteiger partial charge in [0.2, 0.25) is 0 Å². The Labute approximate surface area is 139 Å². The number of rotatable bonds is 6. The van der Waals surface area contributed by atoms with Gasteiger partial charge in [0.25, 0.3) is 5.91 Å². The molecule has 0 aliphatic rings. The van der Waals surface area contributed by atoms with Crippen molar-refractivity contribution in [1.82, 2.24) is 10.3 Å². The molecule has 0 fully saturated rings. The number of hydrogen-bond acceptors (Lipinski definition) is 4. The number of carbonyl (C=O) groups excluding carboxylic acids is 1. The van der Waals surface area contributed by atoms with E-state index in [1.54, 1.807) is 11.4 Å². The Bertz CT molecular complexity index is 655. The van der Waals surface area contributed by atoms with Gasteiger partial charge in [0.05, 0.1) is 11.6 Å². The van der Waals surface area contributed by atoms with Crippen molar-refractivity contribution in [3.8, 4) is 16.3 Å². The van der Waals surface area contributed by atoms with Crippen LogP contribution in [0.5, 0.6) is 5.75 Å². The maximum absolute atomic E-state index is 11.9. The zero-order valence-corrected chi connectivity index (χ0v) is 14.4. The van der Waals surface area contributed by atoms with Crippen molar-refractivity contribution in [1.29, 1.82) is 0 Å². The van der Waals surface area contributed by atoms with Crippen LogP contribution in [0.1, 0.15) is 37.7 Å². The number of hydrogen-bond donors (Lipinski definition) is 1. The third-order valence-corrected chi connectivity index (χ3v) is 3.99. The van der Waals surface area contributed by atoms with Crippen LogP contribution in [0.3, 0.4) is 0 Å². The van der Waals surface area contributed by atoms with Crippen LogP contribution in [0.15, 0.2) is 23.6 Å². The smallest absolute Gasteiger partial charge is 0.270 e. The van der Waals surface area contributed by atoms with E-state index in [0.717, 1.165) is 22.7 Å². The first-order chi connectivity index (χ1) is 10.5. The van der Waals surface area contributed by atoms with Crippen molar-refractivity contribution in [2.45, 2.75) is 33.2 Å². The summed E-state index contributed by atoms with van der Waals surface area (Å²) in [4.78, 5) is 16.3. The fourth-order valence-electron chi connectivity index (χ4n) is 1.82. The number of aromatic nitrogens is 1. The Kier molecular flexibility index (Phi) is 5.80. The molecule has 2 aromatic rings. The minimum absolute atomic E-state index is 0.0798. The highest BCUT2D eigenvalue weighted by Gasteiger charge is 2.14. The summed E-state index contributed by atoms with van der Waals surface area (Å²) in [5.74, 6) is 0.571. The van der Waals surface area contributed by atoms with E-state index in [4.69, 9.17) is 16.3 Å². The lowest BCUT2D eigenvalue weighted by Crippen LogP contribution is -2.30. The summed E-state index contributed by atoms with van der Waals surface area (Å²) in [7, 11) is 0. The molecule has 22 heavy (non-hydrogen) atoms. The maximum atomic E-state index is 11.9. The Balaban J connectivity index is 2.18. The van der Waals surface area contributed by atoms with Crippen molar-refractivity contribution >= 4 is 28.8 Å². The molecule has 0 unspecified atom stereocenters. The van der Waals surface area contributed by atoms with Crippen molar-refractivity contribution in [2.75, 3.05) is 6.61 Å². The minimum atomic E-state index is -0.170. The van der Waals surface area contributed by atoms with Crippen molar-refractivity contribution in [2.24, 2.45) is 0 Å². The van der Waals surface area contributed by atoms with E-state index in [1.807, 2.05) is 26.0 Å². The molecule has 1 aromatic heterocycles. The van der Waals surface area contributed by atoms with Crippen LogP contribution < -0.4 is 10.1 Å². The van der Waals surface area contributed by atoms with Gasteiger partial charge in [0.15, 0.2) is 0 Å². The number of ether oxygens (including phenoxy) is 1. The highest BCUT2D eigenvalue weighted by atomic mass is 35.5. The summed E-state index contributed by atoms with van der Waals surface area (Å²) in [6.07, 6.45) is 0.945. The maximum Gasteiger partial charge on any atom is 0.270 e. The van der Waals surface area contributed by atoms with E-state index in [-0.39, 0.29) is 11.9 Å². The zero-order chi connectivity index (χ0) is 16.1. The molecule has 1 heterocycles. The molecule has 1 amide bonds. The number of amides is 1. The third kappa shape index (κ3) is 4.21. The normalized spacial score (nSPS) is 10.8. The fraction of sp³-hybridized carbons (Fsp3) is 0.375. The second-order valence-corrected chi connectivity index (χ2v) is 6.42. The lowest BCUT2D eigenvalue weighted by atomic mass is 10.2. The summed E-state index contributed by atoms with van der Waals surface area (Å²) in [6, 6.07) is 5.60. The van der Waals surface area contributed by atoms with Crippen molar-refractivity contribution in [3.63, 3.8) is 0 Å². The molecule has 0 aliphatic heterocycles. The molecule has 0 radical (unpaired) electrons. The number of thiazole rings is 1. The predicted octanol–water partition coefficient (Wildman–Crippen LogP) is 4.39. The lowest BCUT2D eigenvalue weighted by Gasteiger charge is -2.07. The second-order valence-electron chi connectivity index (χ2n) is 5.16. The van der Waals surface area contributed by atoms with Crippen LogP contribution in [0, 0.1) is 0 Å². The quantitative estimate of drug-likeness (QED) is 0.849. The van der Waals surface area contributed by atoms with E-state index in [1.165, 1.54) is 11.3 Å². The molecule has 6 heteroatoms. The van der Waals surface area contributed by atoms with E-state index in [0.29, 0.717) is 17.3 Å².